The molecule has 0 spiro atoms. The van der Waals surface area contributed by atoms with Crippen LogP contribution < -0.4 is 5.32 Å². The molecule has 3 heteroatoms. The second-order valence-electron chi connectivity index (χ2n) is 2.72. The second-order valence-corrected chi connectivity index (χ2v) is 3.39. The van der Waals surface area contributed by atoms with Gasteiger partial charge in [0.2, 0.25) is 0 Å². The lowest BCUT2D eigenvalue weighted by atomic mass is 10.2. The maximum absolute atomic E-state index is 4.16. The van der Waals surface area contributed by atoms with Crippen LogP contribution in [0, 0.1) is 0 Å². The van der Waals surface area contributed by atoms with Gasteiger partial charge in [-0.1, -0.05) is 37.8 Å². The molecule has 2 rings (SSSR count). The largest absolute Gasteiger partial charge is 0.365 e. The fourth-order valence-electron chi connectivity index (χ4n) is 1.09. The summed E-state index contributed by atoms with van der Waals surface area (Å²) in [6.45, 7) is 0.838. The lowest BCUT2D eigenvalue weighted by molar-refractivity contribution is 1.13. The van der Waals surface area contributed by atoms with Crippen molar-refractivity contribution in [1.29, 1.82) is 0 Å². The molecule has 1 heterocycles. The Balaban J connectivity index is 0.000000980. The van der Waals surface area contributed by atoms with Gasteiger partial charge in [0.05, 0.1) is 0 Å². The van der Waals surface area contributed by atoms with E-state index in [9.17, 15) is 0 Å². The third-order valence-electron chi connectivity index (χ3n) is 1.75. The number of hydrogen-bond acceptors (Lipinski definition) is 3. The molecule has 0 aliphatic heterocycles. The Kier molecular flexibility index (Phi) is 4.13. The summed E-state index contributed by atoms with van der Waals surface area (Å²) < 4.78 is 4.16. The van der Waals surface area contributed by atoms with Crippen molar-refractivity contribution in [2.75, 3.05) is 5.32 Å². The fourth-order valence-corrected chi connectivity index (χ4v) is 1.58. The Hall–Kier alpha value is -1.35. The van der Waals surface area contributed by atoms with Gasteiger partial charge in [-0.15, -0.1) is 0 Å². The minimum absolute atomic E-state index is 0. The van der Waals surface area contributed by atoms with Gasteiger partial charge in [-0.25, -0.2) is 0 Å². The fraction of sp³-hybridized carbons (Fsp3) is 0.182. The lowest BCUT2D eigenvalue weighted by Crippen LogP contribution is -1.98. The van der Waals surface area contributed by atoms with E-state index in [0.29, 0.717) is 0 Å². The number of nitrogens with zero attached hydrogens (tertiary/aromatic N) is 1. The molecule has 0 saturated carbocycles. The summed E-state index contributed by atoms with van der Waals surface area (Å²) in [5.41, 5.74) is 1.27. The average molecular weight is 206 g/mol. The Bertz CT molecular complexity index is 343. The molecule has 1 N–H and O–H groups in total. The van der Waals surface area contributed by atoms with Crippen LogP contribution in [0.4, 0.5) is 5.82 Å². The van der Waals surface area contributed by atoms with Crippen LogP contribution in [0.2, 0.25) is 0 Å². The Morgan fingerprint density at radius 2 is 1.93 bits per heavy atom. The van der Waals surface area contributed by atoms with Gasteiger partial charge >= 0.3 is 0 Å². The number of benzene rings is 1. The topological polar surface area (TPSA) is 24.9 Å². The van der Waals surface area contributed by atoms with Gasteiger partial charge in [-0.3, -0.25) is 0 Å². The summed E-state index contributed by atoms with van der Waals surface area (Å²) in [5, 5.41) is 5.21. The van der Waals surface area contributed by atoms with Crippen molar-refractivity contribution in [3.05, 3.63) is 47.3 Å². The molecule has 0 saturated heterocycles. The van der Waals surface area contributed by atoms with E-state index in [4.69, 9.17) is 0 Å². The molecule has 14 heavy (non-hydrogen) atoms. The molecule has 0 fully saturated rings. The molecule has 1 aromatic carbocycles. The average Bonchev–Trinajstić information content (AvgIpc) is 2.69. The predicted molar refractivity (Wildman–Crippen MR) is 62.6 cm³/mol. The zero-order chi connectivity index (χ0) is 8.93. The molecular weight excluding hydrogens is 192 g/mol. The number of aromatic nitrogens is 1. The maximum Gasteiger partial charge on any atom is 0.139 e. The van der Waals surface area contributed by atoms with Crippen molar-refractivity contribution >= 4 is 17.4 Å². The summed E-state index contributed by atoms with van der Waals surface area (Å²) in [6, 6.07) is 12.3. The van der Waals surface area contributed by atoms with Gasteiger partial charge in [0.1, 0.15) is 5.82 Å². The monoisotopic (exact) mass is 206 g/mol. The second kappa shape index (κ2) is 5.40. The zero-order valence-electron chi connectivity index (χ0n) is 7.10. The van der Waals surface area contributed by atoms with Gasteiger partial charge in [-0.05, 0) is 23.2 Å². The molecule has 2 aromatic rings. The van der Waals surface area contributed by atoms with Crippen LogP contribution in [0.3, 0.4) is 0 Å². The van der Waals surface area contributed by atoms with Crippen molar-refractivity contribution in [3.8, 4) is 0 Å². The van der Waals surface area contributed by atoms with Crippen molar-refractivity contribution in [2.24, 2.45) is 0 Å². The molecule has 74 valence electrons. The van der Waals surface area contributed by atoms with Crippen LogP contribution in [0.25, 0.3) is 0 Å². The normalized spacial score (nSPS) is 9.14. The quantitative estimate of drug-likeness (QED) is 0.832. The van der Waals surface area contributed by atoms with Crippen LogP contribution in [-0.4, -0.2) is 4.37 Å². The number of anilines is 1. The molecule has 0 radical (unpaired) electrons. The van der Waals surface area contributed by atoms with Crippen molar-refractivity contribution in [3.63, 3.8) is 0 Å². The molecule has 2 nitrogen and oxygen atoms in total. The van der Waals surface area contributed by atoms with Crippen molar-refractivity contribution < 1.29 is 0 Å². The highest BCUT2D eigenvalue weighted by Crippen LogP contribution is 2.07. The van der Waals surface area contributed by atoms with Crippen molar-refractivity contribution in [2.45, 2.75) is 14.0 Å². The molecule has 0 aliphatic carbocycles. The maximum atomic E-state index is 4.16. The summed E-state index contributed by atoms with van der Waals surface area (Å²) in [5.74, 6) is 0.953. The van der Waals surface area contributed by atoms with Gasteiger partial charge in [0.15, 0.2) is 0 Å². The highest BCUT2D eigenvalue weighted by atomic mass is 32.1. The van der Waals surface area contributed by atoms with Crippen LogP contribution in [0.15, 0.2) is 41.8 Å². The first-order valence-electron chi connectivity index (χ1n) is 4.13. The Labute approximate surface area is 88.8 Å². The van der Waals surface area contributed by atoms with E-state index in [-0.39, 0.29) is 7.43 Å². The highest BCUT2D eigenvalue weighted by Gasteiger charge is 1.93. The van der Waals surface area contributed by atoms with E-state index in [2.05, 4.69) is 21.8 Å². The lowest BCUT2D eigenvalue weighted by Gasteiger charge is -2.01. The van der Waals surface area contributed by atoms with E-state index in [1.54, 1.807) is 0 Å². The first-order chi connectivity index (χ1) is 6.45. The molecule has 0 bridgehead atoms. The Morgan fingerprint density at radius 3 is 2.57 bits per heavy atom. The molecular formula is C11H14N2S. The van der Waals surface area contributed by atoms with Crippen LogP contribution >= 0.6 is 11.5 Å². The number of hydrogen-bond donors (Lipinski definition) is 1. The number of nitrogens with one attached hydrogen (secondary N) is 1. The third-order valence-corrected chi connectivity index (χ3v) is 2.31. The van der Waals surface area contributed by atoms with E-state index in [1.165, 1.54) is 17.1 Å². The van der Waals surface area contributed by atoms with E-state index < -0.39 is 0 Å². The smallest absolute Gasteiger partial charge is 0.139 e. The summed E-state index contributed by atoms with van der Waals surface area (Å²) in [6.07, 6.45) is 0. The van der Waals surface area contributed by atoms with E-state index >= 15 is 0 Å². The van der Waals surface area contributed by atoms with Crippen LogP contribution in [0.5, 0.6) is 0 Å². The summed E-state index contributed by atoms with van der Waals surface area (Å²) >= 11 is 1.46. The van der Waals surface area contributed by atoms with E-state index in [1.807, 2.05) is 29.6 Å². The molecule has 0 unspecified atom stereocenters. The van der Waals surface area contributed by atoms with Crippen LogP contribution in [-0.2, 0) is 6.54 Å². The Morgan fingerprint density at radius 1 is 1.14 bits per heavy atom. The SMILES string of the molecule is C.c1ccc(CNc2ccsn2)cc1. The van der Waals surface area contributed by atoms with E-state index in [0.717, 1.165) is 12.4 Å². The predicted octanol–water partition coefficient (Wildman–Crippen LogP) is 3.39. The molecule has 1 aromatic heterocycles. The molecule has 0 atom stereocenters. The van der Waals surface area contributed by atoms with Gasteiger partial charge in [0, 0.05) is 11.9 Å². The highest BCUT2D eigenvalue weighted by molar-refractivity contribution is 7.03. The first-order valence-corrected chi connectivity index (χ1v) is 4.97. The standard InChI is InChI=1S/C10H10N2S.CH4/c1-2-4-9(5-3-1)8-11-10-6-7-13-12-10;/h1-7H,8H2,(H,11,12);1H4. The van der Waals surface area contributed by atoms with Gasteiger partial charge < -0.3 is 5.32 Å². The summed E-state index contributed by atoms with van der Waals surface area (Å²) in [7, 11) is 0. The van der Waals surface area contributed by atoms with Gasteiger partial charge in [-0.2, -0.15) is 4.37 Å². The van der Waals surface area contributed by atoms with Crippen LogP contribution in [0.1, 0.15) is 13.0 Å². The number of rotatable bonds is 3. The minimum Gasteiger partial charge on any atom is -0.365 e. The van der Waals surface area contributed by atoms with Gasteiger partial charge in [0.25, 0.3) is 0 Å². The zero-order valence-corrected chi connectivity index (χ0v) is 7.92. The summed E-state index contributed by atoms with van der Waals surface area (Å²) in [4.78, 5) is 0. The third kappa shape index (κ3) is 2.85. The minimum atomic E-state index is 0. The molecule has 0 aliphatic rings. The first kappa shape index (κ1) is 10.7. The van der Waals surface area contributed by atoms with Crippen molar-refractivity contribution in [1.82, 2.24) is 4.37 Å². The molecule has 0 amide bonds.